The van der Waals surface area contributed by atoms with E-state index in [4.69, 9.17) is 4.74 Å². The first kappa shape index (κ1) is 15.4. The van der Waals surface area contributed by atoms with Gasteiger partial charge in [0.15, 0.2) is 0 Å². The summed E-state index contributed by atoms with van der Waals surface area (Å²) >= 11 is 0. The van der Waals surface area contributed by atoms with E-state index in [9.17, 15) is 9.90 Å². The number of carbonyl (C=O) groups is 1. The van der Waals surface area contributed by atoms with Crippen molar-refractivity contribution >= 4 is 5.97 Å². The maximum Gasteiger partial charge on any atom is 0.0577 e. The molecule has 0 aliphatic carbocycles. The minimum absolute atomic E-state index is 0.0304. The van der Waals surface area contributed by atoms with E-state index in [0.717, 1.165) is 6.42 Å². The lowest BCUT2D eigenvalue weighted by Crippen LogP contribution is -2.49. The molecule has 16 heavy (non-hydrogen) atoms. The molecule has 0 fully saturated rings. The zero-order valence-corrected chi connectivity index (χ0v) is 11.2. The lowest BCUT2D eigenvalue weighted by Gasteiger charge is -2.39. The highest BCUT2D eigenvalue weighted by atomic mass is 16.5. The molecule has 0 saturated carbocycles. The highest BCUT2D eigenvalue weighted by Gasteiger charge is 2.35. The number of carbonyl (C=O) groups excluding carboxylic acids is 1. The van der Waals surface area contributed by atoms with Crippen molar-refractivity contribution in [2.24, 2.45) is 17.3 Å². The first-order valence-electron chi connectivity index (χ1n) is 6.16. The average Bonchev–Trinajstić information content (AvgIpc) is 2.17. The topological polar surface area (TPSA) is 49.4 Å². The van der Waals surface area contributed by atoms with Crippen LogP contribution in [0.1, 0.15) is 47.5 Å². The van der Waals surface area contributed by atoms with Gasteiger partial charge in [0.05, 0.1) is 12.6 Å². The van der Waals surface area contributed by atoms with E-state index < -0.39 is 11.4 Å². The number of hydrogen-bond donors (Lipinski definition) is 0. The van der Waals surface area contributed by atoms with Crippen molar-refractivity contribution < 1.29 is 14.6 Å². The van der Waals surface area contributed by atoms with Gasteiger partial charge in [0.1, 0.15) is 0 Å². The molecular formula is C13H25O3-. The monoisotopic (exact) mass is 229 g/mol. The second kappa shape index (κ2) is 6.89. The molecule has 0 amide bonds. The summed E-state index contributed by atoms with van der Waals surface area (Å²) in [5, 5.41) is 11.4. The van der Waals surface area contributed by atoms with E-state index in [1.807, 2.05) is 20.8 Å². The Morgan fingerprint density at radius 2 is 1.88 bits per heavy atom. The maximum atomic E-state index is 11.4. The second-order valence-corrected chi connectivity index (χ2v) is 5.17. The van der Waals surface area contributed by atoms with E-state index in [1.54, 1.807) is 0 Å². The zero-order chi connectivity index (χ0) is 12.8. The standard InChI is InChI=1S/C13H26O3/c1-6-16-9-13(11(4)5,12(14)15)8-7-10(2)3/h10-11H,6-9H2,1-5H3,(H,14,15)/p-1. The van der Waals surface area contributed by atoms with E-state index in [0.29, 0.717) is 18.9 Å². The normalized spacial score (nSPS) is 15.4. The van der Waals surface area contributed by atoms with Crippen molar-refractivity contribution in [3.63, 3.8) is 0 Å². The van der Waals surface area contributed by atoms with Crippen molar-refractivity contribution in [3.05, 3.63) is 0 Å². The third-order valence-corrected chi connectivity index (χ3v) is 3.24. The van der Waals surface area contributed by atoms with Gasteiger partial charge in [-0.2, -0.15) is 0 Å². The van der Waals surface area contributed by atoms with Crippen LogP contribution >= 0.6 is 0 Å². The Morgan fingerprint density at radius 3 is 2.19 bits per heavy atom. The van der Waals surface area contributed by atoms with Crippen molar-refractivity contribution in [2.75, 3.05) is 13.2 Å². The van der Waals surface area contributed by atoms with Crippen LogP contribution in [0.2, 0.25) is 0 Å². The summed E-state index contributed by atoms with van der Waals surface area (Å²) in [5.74, 6) is -0.446. The van der Waals surface area contributed by atoms with Crippen molar-refractivity contribution in [1.82, 2.24) is 0 Å². The molecule has 0 N–H and O–H groups in total. The van der Waals surface area contributed by atoms with Gasteiger partial charge in [-0.3, -0.25) is 0 Å². The van der Waals surface area contributed by atoms with Gasteiger partial charge >= 0.3 is 0 Å². The van der Waals surface area contributed by atoms with E-state index in [2.05, 4.69) is 13.8 Å². The molecular weight excluding hydrogens is 204 g/mol. The Labute approximate surface area is 99.2 Å². The van der Waals surface area contributed by atoms with Gasteiger partial charge in [-0.15, -0.1) is 0 Å². The molecule has 0 bridgehead atoms. The summed E-state index contributed by atoms with van der Waals surface area (Å²) in [6.45, 7) is 10.7. The van der Waals surface area contributed by atoms with Gasteiger partial charge in [0, 0.05) is 12.0 Å². The molecule has 96 valence electrons. The maximum absolute atomic E-state index is 11.4. The minimum Gasteiger partial charge on any atom is -0.549 e. The average molecular weight is 229 g/mol. The van der Waals surface area contributed by atoms with Gasteiger partial charge < -0.3 is 14.6 Å². The molecule has 0 aromatic carbocycles. The molecule has 0 heterocycles. The molecule has 3 heteroatoms. The Kier molecular flexibility index (Phi) is 6.65. The molecule has 0 saturated heterocycles. The number of ether oxygens (including phenoxy) is 1. The van der Waals surface area contributed by atoms with Crippen LogP contribution in [0.4, 0.5) is 0 Å². The number of aliphatic carboxylic acids is 1. The highest BCUT2D eigenvalue weighted by Crippen LogP contribution is 2.34. The molecule has 0 radical (unpaired) electrons. The van der Waals surface area contributed by atoms with Crippen molar-refractivity contribution in [1.29, 1.82) is 0 Å². The molecule has 0 spiro atoms. The summed E-state index contributed by atoms with van der Waals surface area (Å²) in [6.07, 6.45) is 1.52. The lowest BCUT2D eigenvalue weighted by atomic mass is 9.73. The van der Waals surface area contributed by atoms with Crippen LogP contribution in [0, 0.1) is 17.3 Å². The lowest BCUT2D eigenvalue weighted by molar-refractivity contribution is -0.324. The summed E-state index contributed by atoms with van der Waals surface area (Å²) in [5.41, 5.74) is -0.833. The van der Waals surface area contributed by atoms with Crippen LogP contribution in [-0.4, -0.2) is 19.2 Å². The van der Waals surface area contributed by atoms with E-state index in [-0.39, 0.29) is 12.5 Å². The largest absolute Gasteiger partial charge is 0.549 e. The third kappa shape index (κ3) is 4.12. The second-order valence-electron chi connectivity index (χ2n) is 5.17. The number of hydrogen-bond acceptors (Lipinski definition) is 3. The SMILES string of the molecule is CCOCC(CCC(C)C)(C(=O)[O-])C(C)C. The van der Waals surface area contributed by atoms with Gasteiger partial charge in [-0.05, 0) is 31.6 Å². The van der Waals surface area contributed by atoms with Crippen LogP contribution in [0.3, 0.4) is 0 Å². The van der Waals surface area contributed by atoms with Gasteiger partial charge in [0.25, 0.3) is 0 Å². The Morgan fingerprint density at radius 1 is 1.31 bits per heavy atom. The number of rotatable bonds is 8. The highest BCUT2D eigenvalue weighted by molar-refractivity contribution is 5.73. The van der Waals surface area contributed by atoms with Crippen molar-refractivity contribution in [2.45, 2.75) is 47.5 Å². The molecule has 1 atom stereocenters. The van der Waals surface area contributed by atoms with Crippen LogP contribution in [0.15, 0.2) is 0 Å². The van der Waals surface area contributed by atoms with Crippen LogP contribution in [0.5, 0.6) is 0 Å². The van der Waals surface area contributed by atoms with E-state index >= 15 is 0 Å². The first-order chi connectivity index (χ1) is 7.36. The third-order valence-electron chi connectivity index (χ3n) is 3.24. The smallest absolute Gasteiger partial charge is 0.0577 e. The zero-order valence-electron chi connectivity index (χ0n) is 11.2. The van der Waals surface area contributed by atoms with Crippen LogP contribution in [0.25, 0.3) is 0 Å². The van der Waals surface area contributed by atoms with Gasteiger partial charge in [-0.1, -0.05) is 27.7 Å². The molecule has 0 rings (SSSR count). The summed E-state index contributed by atoms with van der Waals surface area (Å²) in [7, 11) is 0. The number of carboxylic acid groups (broad SMARTS) is 1. The molecule has 0 aliphatic heterocycles. The van der Waals surface area contributed by atoms with E-state index in [1.165, 1.54) is 0 Å². The predicted molar refractivity (Wildman–Crippen MR) is 62.8 cm³/mol. The summed E-state index contributed by atoms with van der Waals surface area (Å²) in [6, 6.07) is 0. The van der Waals surface area contributed by atoms with Gasteiger partial charge in [-0.25, -0.2) is 0 Å². The number of carboxylic acids is 1. The molecule has 0 aromatic rings. The van der Waals surface area contributed by atoms with Crippen LogP contribution < -0.4 is 5.11 Å². The molecule has 0 aromatic heterocycles. The fourth-order valence-corrected chi connectivity index (χ4v) is 1.75. The Hall–Kier alpha value is -0.570. The summed E-state index contributed by atoms with van der Waals surface area (Å²) < 4.78 is 5.33. The first-order valence-corrected chi connectivity index (χ1v) is 6.16. The van der Waals surface area contributed by atoms with Crippen molar-refractivity contribution in [3.8, 4) is 0 Å². The molecule has 1 unspecified atom stereocenters. The molecule has 0 aliphatic rings. The Bertz CT molecular complexity index is 211. The fraction of sp³-hybridized carbons (Fsp3) is 0.923. The quantitative estimate of drug-likeness (QED) is 0.638. The fourth-order valence-electron chi connectivity index (χ4n) is 1.75. The Balaban J connectivity index is 4.72. The van der Waals surface area contributed by atoms with Crippen LogP contribution in [-0.2, 0) is 9.53 Å². The predicted octanol–water partition coefficient (Wildman–Crippen LogP) is 1.85. The molecule has 3 nitrogen and oxygen atoms in total. The minimum atomic E-state index is -0.975. The van der Waals surface area contributed by atoms with Gasteiger partial charge in [0.2, 0.25) is 0 Å². The summed E-state index contributed by atoms with van der Waals surface area (Å²) in [4.78, 5) is 11.4.